The molecule has 98 valence electrons. The quantitative estimate of drug-likeness (QED) is 0.872. The maximum absolute atomic E-state index is 5.26. The van der Waals surface area contributed by atoms with E-state index in [1.807, 2.05) is 23.3 Å². The molecule has 1 atom stereocenters. The third-order valence-corrected chi connectivity index (χ3v) is 3.84. The van der Waals surface area contributed by atoms with E-state index in [0.29, 0.717) is 0 Å². The van der Waals surface area contributed by atoms with Gasteiger partial charge in [-0.2, -0.15) is 5.10 Å². The Balaban J connectivity index is 2.27. The molecule has 0 aliphatic carbocycles. The molecule has 0 saturated carbocycles. The molecular formula is C13H19N3OS. The zero-order valence-corrected chi connectivity index (χ0v) is 11.8. The van der Waals surface area contributed by atoms with Crippen LogP contribution >= 0.6 is 11.3 Å². The molecule has 0 aliphatic rings. The van der Waals surface area contributed by atoms with E-state index in [0.717, 1.165) is 18.7 Å². The van der Waals surface area contributed by atoms with Gasteiger partial charge in [0.25, 0.3) is 0 Å². The Labute approximate surface area is 112 Å². The van der Waals surface area contributed by atoms with Gasteiger partial charge in [0, 0.05) is 23.5 Å². The topological polar surface area (TPSA) is 39.1 Å². The van der Waals surface area contributed by atoms with Gasteiger partial charge in [0.05, 0.1) is 18.8 Å². The first-order valence-corrected chi connectivity index (χ1v) is 6.98. The highest BCUT2D eigenvalue weighted by molar-refractivity contribution is 7.10. The SMILES string of the molecule is CCCNC(c1cc(OC)cs1)c1ccnn1C. The molecular weight excluding hydrogens is 246 g/mol. The van der Waals surface area contributed by atoms with E-state index >= 15 is 0 Å². The number of ether oxygens (including phenoxy) is 1. The zero-order chi connectivity index (χ0) is 13.0. The van der Waals surface area contributed by atoms with Crippen molar-refractivity contribution in [1.29, 1.82) is 0 Å². The lowest BCUT2D eigenvalue weighted by Gasteiger charge is -2.17. The minimum Gasteiger partial charge on any atom is -0.496 e. The van der Waals surface area contributed by atoms with Gasteiger partial charge in [-0.3, -0.25) is 4.68 Å². The summed E-state index contributed by atoms with van der Waals surface area (Å²) in [7, 11) is 3.67. The average Bonchev–Trinajstić information content (AvgIpc) is 3.00. The highest BCUT2D eigenvalue weighted by atomic mass is 32.1. The lowest BCUT2D eigenvalue weighted by Crippen LogP contribution is -2.24. The van der Waals surface area contributed by atoms with Crippen LogP contribution in [0.5, 0.6) is 5.75 Å². The number of aryl methyl sites for hydroxylation is 1. The van der Waals surface area contributed by atoms with Gasteiger partial charge in [-0.05, 0) is 25.1 Å². The summed E-state index contributed by atoms with van der Waals surface area (Å²) in [4.78, 5) is 1.25. The Hall–Kier alpha value is -1.33. The first-order valence-electron chi connectivity index (χ1n) is 6.10. The van der Waals surface area contributed by atoms with E-state index in [-0.39, 0.29) is 6.04 Å². The molecule has 0 aliphatic heterocycles. The molecule has 0 bridgehead atoms. The molecule has 2 heterocycles. The first kappa shape index (κ1) is 13.1. The van der Waals surface area contributed by atoms with Crippen LogP contribution in [-0.4, -0.2) is 23.4 Å². The second-order valence-electron chi connectivity index (χ2n) is 4.16. The molecule has 4 nitrogen and oxygen atoms in total. The minimum atomic E-state index is 0.186. The molecule has 5 heteroatoms. The van der Waals surface area contributed by atoms with Crippen molar-refractivity contribution in [3.63, 3.8) is 0 Å². The van der Waals surface area contributed by atoms with Crippen LogP contribution in [0.15, 0.2) is 23.7 Å². The minimum absolute atomic E-state index is 0.186. The molecule has 2 aromatic heterocycles. The normalized spacial score (nSPS) is 12.6. The van der Waals surface area contributed by atoms with Gasteiger partial charge < -0.3 is 10.1 Å². The van der Waals surface area contributed by atoms with Crippen molar-refractivity contribution in [3.8, 4) is 5.75 Å². The predicted octanol–water partition coefficient (Wildman–Crippen LogP) is 2.58. The third kappa shape index (κ3) is 2.73. The van der Waals surface area contributed by atoms with Crippen molar-refractivity contribution >= 4 is 11.3 Å². The monoisotopic (exact) mass is 265 g/mol. The summed E-state index contributed by atoms with van der Waals surface area (Å²) in [6, 6.07) is 4.33. The molecule has 1 unspecified atom stereocenters. The maximum atomic E-state index is 5.26. The predicted molar refractivity (Wildman–Crippen MR) is 74.2 cm³/mol. The van der Waals surface area contributed by atoms with E-state index in [1.165, 1.54) is 10.6 Å². The van der Waals surface area contributed by atoms with Gasteiger partial charge in [-0.15, -0.1) is 11.3 Å². The number of nitrogens with one attached hydrogen (secondary N) is 1. The fraction of sp³-hybridized carbons (Fsp3) is 0.462. The summed E-state index contributed by atoms with van der Waals surface area (Å²) < 4.78 is 7.17. The van der Waals surface area contributed by atoms with E-state index in [1.54, 1.807) is 18.4 Å². The highest BCUT2D eigenvalue weighted by Crippen LogP contribution is 2.30. The second kappa shape index (κ2) is 6.02. The van der Waals surface area contributed by atoms with E-state index in [4.69, 9.17) is 4.74 Å². The Morgan fingerprint density at radius 3 is 2.94 bits per heavy atom. The Kier molecular flexibility index (Phi) is 4.38. The molecule has 2 aromatic rings. The molecule has 1 N–H and O–H groups in total. The number of hydrogen-bond donors (Lipinski definition) is 1. The summed E-state index contributed by atoms with van der Waals surface area (Å²) >= 11 is 1.71. The number of rotatable bonds is 6. The van der Waals surface area contributed by atoms with Crippen LogP contribution in [0, 0.1) is 0 Å². The van der Waals surface area contributed by atoms with Crippen LogP contribution < -0.4 is 10.1 Å². The van der Waals surface area contributed by atoms with Crippen LogP contribution in [0.25, 0.3) is 0 Å². The second-order valence-corrected chi connectivity index (χ2v) is 5.10. The van der Waals surface area contributed by atoms with E-state index in [2.05, 4.69) is 29.5 Å². The average molecular weight is 265 g/mol. The number of methoxy groups -OCH3 is 1. The van der Waals surface area contributed by atoms with Crippen molar-refractivity contribution in [1.82, 2.24) is 15.1 Å². The van der Waals surface area contributed by atoms with Crippen LogP contribution in [0.2, 0.25) is 0 Å². The summed E-state index contributed by atoms with van der Waals surface area (Å²) in [6.45, 7) is 3.15. The maximum Gasteiger partial charge on any atom is 0.129 e. The van der Waals surface area contributed by atoms with Gasteiger partial charge in [0.2, 0.25) is 0 Å². The third-order valence-electron chi connectivity index (χ3n) is 2.87. The molecule has 0 aromatic carbocycles. The van der Waals surface area contributed by atoms with Crippen LogP contribution in [0.1, 0.15) is 30.0 Å². The fourth-order valence-corrected chi connectivity index (χ4v) is 2.84. The Morgan fingerprint density at radius 2 is 2.39 bits per heavy atom. The summed E-state index contributed by atoms with van der Waals surface area (Å²) in [5.74, 6) is 0.917. The molecule has 18 heavy (non-hydrogen) atoms. The molecule has 0 amide bonds. The first-order chi connectivity index (χ1) is 8.76. The number of nitrogens with zero attached hydrogens (tertiary/aromatic N) is 2. The van der Waals surface area contributed by atoms with Crippen molar-refractivity contribution in [2.75, 3.05) is 13.7 Å². The van der Waals surface area contributed by atoms with Gasteiger partial charge in [-0.25, -0.2) is 0 Å². The Morgan fingerprint density at radius 1 is 1.56 bits per heavy atom. The number of thiophene rings is 1. The standard InChI is InChI=1S/C13H19N3OS/c1-4-6-14-13(11-5-7-15-16(11)2)12-8-10(17-3)9-18-12/h5,7-9,13-14H,4,6H2,1-3H3. The summed E-state index contributed by atoms with van der Waals surface area (Å²) in [5, 5.41) is 9.84. The highest BCUT2D eigenvalue weighted by Gasteiger charge is 2.18. The molecule has 0 fully saturated rings. The molecule has 0 radical (unpaired) electrons. The number of aromatic nitrogens is 2. The number of hydrogen-bond acceptors (Lipinski definition) is 4. The smallest absolute Gasteiger partial charge is 0.129 e. The molecule has 2 rings (SSSR count). The largest absolute Gasteiger partial charge is 0.496 e. The summed E-state index contributed by atoms with van der Waals surface area (Å²) in [5.41, 5.74) is 1.17. The van der Waals surface area contributed by atoms with Crippen LogP contribution in [-0.2, 0) is 7.05 Å². The molecule has 0 saturated heterocycles. The van der Waals surface area contributed by atoms with Gasteiger partial charge >= 0.3 is 0 Å². The van der Waals surface area contributed by atoms with E-state index in [9.17, 15) is 0 Å². The molecule has 0 spiro atoms. The lowest BCUT2D eigenvalue weighted by molar-refractivity contribution is 0.416. The van der Waals surface area contributed by atoms with Gasteiger partial charge in [0.1, 0.15) is 5.75 Å². The fourth-order valence-electron chi connectivity index (χ4n) is 1.90. The van der Waals surface area contributed by atoms with Crippen molar-refractivity contribution in [3.05, 3.63) is 34.3 Å². The lowest BCUT2D eigenvalue weighted by atomic mass is 10.1. The van der Waals surface area contributed by atoms with Crippen LogP contribution in [0.3, 0.4) is 0 Å². The van der Waals surface area contributed by atoms with Gasteiger partial charge in [0.15, 0.2) is 0 Å². The Bertz CT molecular complexity index is 492. The van der Waals surface area contributed by atoms with E-state index < -0.39 is 0 Å². The van der Waals surface area contributed by atoms with Crippen molar-refractivity contribution in [2.24, 2.45) is 7.05 Å². The van der Waals surface area contributed by atoms with Crippen molar-refractivity contribution < 1.29 is 4.74 Å². The van der Waals surface area contributed by atoms with Crippen LogP contribution in [0.4, 0.5) is 0 Å². The van der Waals surface area contributed by atoms with Crippen molar-refractivity contribution in [2.45, 2.75) is 19.4 Å². The summed E-state index contributed by atoms with van der Waals surface area (Å²) in [6.07, 6.45) is 2.94. The van der Waals surface area contributed by atoms with Gasteiger partial charge in [-0.1, -0.05) is 6.92 Å². The zero-order valence-electron chi connectivity index (χ0n) is 11.0.